The fourth-order valence-corrected chi connectivity index (χ4v) is 6.64. The Kier molecular flexibility index (Phi) is 6.02. The van der Waals surface area contributed by atoms with Crippen LogP contribution < -0.4 is 13.7 Å². The van der Waals surface area contributed by atoms with Crippen LogP contribution in [0.25, 0.3) is 11.0 Å². The van der Waals surface area contributed by atoms with Crippen LogP contribution in [0.2, 0.25) is 0 Å². The number of amides is 1. The third kappa shape index (κ3) is 4.70. The number of hydrogen-bond acceptors (Lipinski definition) is 6. The molecular weight excluding hydrogens is 502 g/mol. The summed E-state index contributed by atoms with van der Waals surface area (Å²) in [4.78, 5) is 19.6. The summed E-state index contributed by atoms with van der Waals surface area (Å²) in [6, 6.07) is 19.9. The van der Waals surface area contributed by atoms with Crippen LogP contribution in [0.15, 0.2) is 77.7 Å². The van der Waals surface area contributed by atoms with E-state index in [9.17, 15) is 21.6 Å². The molecule has 1 amide bonds. The fourth-order valence-electron chi connectivity index (χ4n) is 4.21. The molecule has 1 fully saturated rings. The van der Waals surface area contributed by atoms with E-state index in [0.29, 0.717) is 22.6 Å². The monoisotopic (exact) mass is 525 g/mol. The highest BCUT2D eigenvalue weighted by Gasteiger charge is 2.35. The predicted octanol–water partition coefficient (Wildman–Crippen LogP) is 2.31. The topological polar surface area (TPSA) is 141 Å². The molecule has 1 unspecified atom stereocenters. The van der Waals surface area contributed by atoms with Gasteiger partial charge in [-0.25, -0.2) is 27.2 Å². The summed E-state index contributed by atoms with van der Waals surface area (Å²) in [5.41, 5.74) is 3.25. The quantitative estimate of drug-likeness (QED) is 0.338. The Labute approximate surface area is 208 Å². The molecule has 1 saturated heterocycles. The minimum absolute atomic E-state index is 0.133. The lowest BCUT2D eigenvalue weighted by Gasteiger charge is -2.20. The van der Waals surface area contributed by atoms with Gasteiger partial charge in [-0.2, -0.15) is 8.42 Å². The molecule has 4 aromatic rings. The molecule has 0 saturated carbocycles. The van der Waals surface area contributed by atoms with Gasteiger partial charge in [0.15, 0.2) is 0 Å². The van der Waals surface area contributed by atoms with Crippen molar-refractivity contribution in [3.63, 3.8) is 0 Å². The molecule has 5 rings (SSSR count). The molecule has 1 aliphatic heterocycles. The number of aryl methyl sites for hydroxylation is 1. The lowest BCUT2D eigenvalue weighted by atomic mass is 10.0. The van der Waals surface area contributed by atoms with Gasteiger partial charge in [-0.1, -0.05) is 42.5 Å². The highest BCUT2D eigenvalue weighted by atomic mass is 32.2. The maximum absolute atomic E-state index is 13.2. The first kappa shape index (κ1) is 24.0. The molecule has 0 aliphatic carbocycles. The van der Waals surface area contributed by atoms with Crippen LogP contribution in [0, 0.1) is 6.92 Å². The van der Waals surface area contributed by atoms with Gasteiger partial charge in [0.05, 0.1) is 27.7 Å². The lowest BCUT2D eigenvalue weighted by molar-refractivity contribution is -0.117. The van der Waals surface area contributed by atoms with E-state index in [2.05, 4.69) is 14.7 Å². The molecular formula is C24H23N5O5S2. The van der Waals surface area contributed by atoms with E-state index < -0.39 is 32.2 Å². The number of para-hydroxylation sites is 2. The number of nitrogens with one attached hydrogen (secondary N) is 3. The Bertz CT molecular complexity index is 1630. The Hall–Kier alpha value is -3.74. The minimum Gasteiger partial charge on any atom is -0.341 e. The number of anilines is 1. The molecule has 0 spiro atoms. The first-order chi connectivity index (χ1) is 17.1. The van der Waals surface area contributed by atoms with Crippen LogP contribution in [0.5, 0.6) is 0 Å². The third-order valence-electron chi connectivity index (χ3n) is 5.88. The lowest BCUT2D eigenvalue weighted by Crippen LogP contribution is -2.31. The zero-order valence-corrected chi connectivity index (χ0v) is 20.8. The molecule has 10 nitrogen and oxygen atoms in total. The Balaban J connectivity index is 1.49. The molecule has 1 aliphatic rings. The molecule has 3 N–H and O–H groups in total. The molecule has 1 atom stereocenters. The van der Waals surface area contributed by atoms with E-state index >= 15 is 0 Å². The van der Waals surface area contributed by atoms with E-state index in [1.165, 1.54) is 12.1 Å². The summed E-state index contributed by atoms with van der Waals surface area (Å²) in [5, 5.41) is 0. The highest BCUT2D eigenvalue weighted by Crippen LogP contribution is 2.28. The van der Waals surface area contributed by atoms with Crippen molar-refractivity contribution in [1.82, 2.24) is 19.4 Å². The van der Waals surface area contributed by atoms with Gasteiger partial charge in [0.2, 0.25) is 10.0 Å². The van der Waals surface area contributed by atoms with Crippen molar-refractivity contribution >= 4 is 42.9 Å². The number of H-pyrrole nitrogens is 1. The first-order valence-corrected chi connectivity index (χ1v) is 14.0. The predicted molar refractivity (Wildman–Crippen MR) is 135 cm³/mol. The maximum atomic E-state index is 13.2. The zero-order valence-electron chi connectivity index (χ0n) is 19.2. The number of carbonyl (C=O) groups excluding carboxylic acids is 1. The van der Waals surface area contributed by atoms with Crippen LogP contribution in [-0.4, -0.2) is 39.3 Å². The van der Waals surface area contributed by atoms with Crippen LogP contribution >= 0.6 is 0 Å². The number of imidazole rings is 1. The van der Waals surface area contributed by atoms with Gasteiger partial charge in [0.1, 0.15) is 12.4 Å². The number of hydrogen-bond donors (Lipinski definition) is 3. The highest BCUT2D eigenvalue weighted by molar-refractivity contribution is 7.92. The number of fused-ring (bicyclic) bond motifs is 1. The van der Waals surface area contributed by atoms with Crippen molar-refractivity contribution in [1.29, 1.82) is 0 Å². The zero-order chi connectivity index (χ0) is 25.5. The Morgan fingerprint density at radius 1 is 1.06 bits per heavy atom. The van der Waals surface area contributed by atoms with Crippen molar-refractivity contribution in [2.45, 2.75) is 24.3 Å². The van der Waals surface area contributed by atoms with E-state index in [-0.39, 0.29) is 17.9 Å². The molecule has 2 heterocycles. The Morgan fingerprint density at radius 3 is 2.44 bits per heavy atom. The molecule has 3 aromatic carbocycles. The van der Waals surface area contributed by atoms with Gasteiger partial charge >= 0.3 is 10.2 Å². The van der Waals surface area contributed by atoms with Crippen molar-refractivity contribution in [3.8, 4) is 0 Å². The molecule has 0 radical (unpaired) electrons. The number of aromatic nitrogens is 2. The second kappa shape index (κ2) is 9.04. The van der Waals surface area contributed by atoms with Gasteiger partial charge in [0.25, 0.3) is 5.91 Å². The average molecular weight is 526 g/mol. The first-order valence-electron chi connectivity index (χ1n) is 11.1. The number of carbonyl (C=O) groups is 1. The van der Waals surface area contributed by atoms with Crippen LogP contribution in [0.4, 0.5) is 5.69 Å². The standard InChI is InChI=1S/C24H23N5O5S2/c1-16-13-17(11-12-22(16)29-15-23(30)28-36(29,33)34)14-21(24-25-19-9-5-6-10-20(19)26-24)27-35(31,32)18-7-3-2-4-8-18/h2-13,21,27H,14-15H2,1H3,(H,25,26)(H,28,30). The second-order valence-electron chi connectivity index (χ2n) is 8.49. The molecule has 36 heavy (non-hydrogen) atoms. The molecule has 186 valence electrons. The van der Waals surface area contributed by atoms with E-state index in [4.69, 9.17) is 0 Å². The van der Waals surface area contributed by atoms with Crippen LogP contribution in [0.1, 0.15) is 23.0 Å². The summed E-state index contributed by atoms with van der Waals surface area (Å²) >= 11 is 0. The summed E-state index contributed by atoms with van der Waals surface area (Å²) in [6.07, 6.45) is 0.247. The molecule has 12 heteroatoms. The maximum Gasteiger partial charge on any atom is 0.326 e. The number of aromatic amines is 1. The van der Waals surface area contributed by atoms with Crippen molar-refractivity contribution < 1.29 is 21.6 Å². The number of nitrogens with zero attached hydrogens (tertiary/aromatic N) is 2. The largest absolute Gasteiger partial charge is 0.341 e. The second-order valence-corrected chi connectivity index (χ2v) is 11.8. The number of benzene rings is 3. The number of sulfonamides is 1. The number of rotatable bonds is 7. The van der Waals surface area contributed by atoms with Crippen molar-refractivity contribution in [2.75, 3.05) is 10.8 Å². The van der Waals surface area contributed by atoms with Crippen LogP contribution in [0.3, 0.4) is 0 Å². The third-order valence-corrected chi connectivity index (χ3v) is 8.76. The van der Waals surface area contributed by atoms with Gasteiger partial charge in [-0.05, 0) is 54.8 Å². The van der Waals surface area contributed by atoms with E-state index in [0.717, 1.165) is 15.4 Å². The van der Waals surface area contributed by atoms with Gasteiger partial charge in [0, 0.05) is 0 Å². The molecule has 0 bridgehead atoms. The SMILES string of the molecule is Cc1cc(CC(NS(=O)(=O)c2ccccc2)c2nc3ccccc3[nH]2)ccc1N1CC(=O)NS1(=O)=O. The van der Waals surface area contributed by atoms with Crippen LogP contribution in [-0.2, 0) is 31.4 Å². The van der Waals surface area contributed by atoms with Crippen molar-refractivity contribution in [2.24, 2.45) is 0 Å². The summed E-state index contributed by atoms with van der Waals surface area (Å²) in [6.45, 7) is 1.45. The smallest absolute Gasteiger partial charge is 0.326 e. The minimum atomic E-state index is -3.93. The van der Waals surface area contributed by atoms with E-state index in [1.54, 1.807) is 43.3 Å². The van der Waals surface area contributed by atoms with Crippen molar-refractivity contribution in [3.05, 3.63) is 89.7 Å². The van der Waals surface area contributed by atoms with Gasteiger partial charge in [-0.3, -0.25) is 4.79 Å². The molecule has 1 aromatic heterocycles. The van der Waals surface area contributed by atoms with Gasteiger partial charge < -0.3 is 4.98 Å². The summed E-state index contributed by atoms with van der Waals surface area (Å²) < 4.78 is 56.6. The summed E-state index contributed by atoms with van der Waals surface area (Å²) in [5.74, 6) is -0.145. The van der Waals surface area contributed by atoms with E-state index in [1.807, 2.05) is 29.0 Å². The normalized spacial score (nSPS) is 16.2. The Morgan fingerprint density at radius 2 is 1.78 bits per heavy atom. The fraction of sp³-hybridized carbons (Fsp3) is 0.167. The summed E-state index contributed by atoms with van der Waals surface area (Å²) in [7, 11) is -7.79. The average Bonchev–Trinajstić information content (AvgIpc) is 3.38. The van der Waals surface area contributed by atoms with Gasteiger partial charge in [-0.15, -0.1) is 0 Å².